The first-order valence-electron chi connectivity index (χ1n) is 6.69. The maximum Gasteiger partial charge on any atom is 0.222 e. The highest BCUT2D eigenvalue weighted by molar-refractivity contribution is 5.64. The number of nitrogens with zero attached hydrogens (tertiary/aromatic N) is 2. The molecule has 0 radical (unpaired) electrons. The third kappa shape index (κ3) is 3.17. The first-order valence-corrected chi connectivity index (χ1v) is 6.69. The highest BCUT2D eigenvalue weighted by Gasteiger charge is 2.08. The number of ether oxygens (including phenoxy) is 2. The Bertz CT molecular complexity index is 573. The Morgan fingerprint density at radius 1 is 1.05 bits per heavy atom. The van der Waals surface area contributed by atoms with Crippen LogP contribution in [0.2, 0.25) is 0 Å². The summed E-state index contributed by atoms with van der Waals surface area (Å²) in [4.78, 5) is 8.53. The Hall–Kier alpha value is -2.30. The topological polar surface area (TPSA) is 56.3 Å². The highest BCUT2D eigenvalue weighted by Crippen LogP contribution is 2.32. The molecule has 0 saturated heterocycles. The minimum absolute atomic E-state index is 0.592. The smallest absolute Gasteiger partial charge is 0.222 e. The third-order valence-electron chi connectivity index (χ3n) is 2.72. The van der Waals surface area contributed by atoms with Crippen molar-refractivity contribution in [3.05, 3.63) is 30.5 Å². The summed E-state index contributed by atoms with van der Waals surface area (Å²) in [7, 11) is 1.79. The molecule has 1 N–H and O–H groups in total. The summed E-state index contributed by atoms with van der Waals surface area (Å²) in [5.41, 5.74) is 1.81. The molecule has 1 aromatic carbocycles. The van der Waals surface area contributed by atoms with Crippen molar-refractivity contribution >= 4 is 5.95 Å². The number of nitrogens with one attached hydrogen (secondary N) is 1. The van der Waals surface area contributed by atoms with Gasteiger partial charge in [-0.15, -0.1) is 0 Å². The zero-order chi connectivity index (χ0) is 14.4. The van der Waals surface area contributed by atoms with Gasteiger partial charge >= 0.3 is 0 Å². The van der Waals surface area contributed by atoms with Crippen molar-refractivity contribution in [2.24, 2.45) is 0 Å². The molecule has 0 unspecified atom stereocenters. The quantitative estimate of drug-likeness (QED) is 0.876. The van der Waals surface area contributed by atoms with Crippen LogP contribution in [0.5, 0.6) is 11.5 Å². The van der Waals surface area contributed by atoms with Crippen LogP contribution in [-0.2, 0) is 0 Å². The average molecular weight is 273 g/mol. The number of aromatic nitrogens is 2. The Morgan fingerprint density at radius 3 is 2.50 bits per heavy atom. The molecule has 2 rings (SSSR count). The molecular formula is C15H19N3O2. The Morgan fingerprint density at radius 2 is 1.80 bits per heavy atom. The van der Waals surface area contributed by atoms with E-state index < -0.39 is 0 Å². The molecule has 0 aliphatic carbocycles. The lowest BCUT2D eigenvalue weighted by Crippen LogP contribution is -1.99. The van der Waals surface area contributed by atoms with E-state index in [0.29, 0.717) is 19.2 Å². The number of hydrogen-bond donors (Lipinski definition) is 1. The van der Waals surface area contributed by atoms with E-state index in [0.717, 1.165) is 22.8 Å². The first-order chi connectivity index (χ1) is 9.78. The van der Waals surface area contributed by atoms with Gasteiger partial charge in [0.25, 0.3) is 0 Å². The van der Waals surface area contributed by atoms with Gasteiger partial charge in [-0.05, 0) is 38.1 Å². The fourth-order valence-corrected chi connectivity index (χ4v) is 1.85. The van der Waals surface area contributed by atoms with E-state index in [2.05, 4.69) is 15.3 Å². The number of hydrogen-bond acceptors (Lipinski definition) is 5. The highest BCUT2D eigenvalue weighted by atomic mass is 16.5. The monoisotopic (exact) mass is 273 g/mol. The number of anilines is 1. The Kier molecular flexibility index (Phi) is 4.76. The van der Waals surface area contributed by atoms with Crippen molar-refractivity contribution in [3.8, 4) is 22.8 Å². The van der Waals surface area contributed by atoms with Crippen LogP contribution in [0.3, 0.4) is 0 Å². The van der Waals surface area contributed by atoms with Gasteiger partial charge in [0.05, 0.1) is 18.9 Å². The van der Waals surface area contributed by atoms with Gasteiger partial charge < -0.3 is 14.8 Å². The van der Waals surface area contributed by atoms with E-state index in [4.69, 9.17) is 9.47 Å². The minimum atomic E-state index is 0.592. The summed E-state index contributed by atoms with van der Waals surface area (Å²) in [6.07, 6.45) is 1.73. The molecule has 1 heterocycles. The van der Waals surface area contributed by atoms with Crippen molar-refractivity contribution in [1.82, 2.24) is 9.97 Å². The zero-order valence-corrected chi connectivity index (χ0v) is 12.0. The number of benzene rings is 1. The lowest BCUT2D eigenvalue weighted by atomic mass is 10.1. The average Bonchev–Trinajstić information content (AvgIpc) is 2.49. The molecule has 5 nitrogen and oxygen atoms in total. The third-order valence-corrected chi connectivity index (χ3v) is 2.72. The summed E-state index contributed by atoms with van der Waals surface area (Å²) >= 11 is 0. The lowest BCUT2D eigenvalue weighted by molar-refractivity contribution is 0.288. The van der Waals surface area contributed by atoms with Gasteiger partial charge in [0, 0.05) is 18.8 Å². The predicted octanol–water partition coefficient (Wildman–Crippen LogP) is 2.98. The Labute approximate surface area is 119 Å². The van der Waals surface area contributed by atoms with E-state index in [1.807, 2.05) is 38.1 Å². The summed E-state index contributed by atoms with van der Waals surface area (Å²) in [5, 5.41) is 2.93. The molecule has 0 aliphatic heterocycles. The molecule has 5 heteroatoms. The predicted molar refractivity (Wildman–Crippen MR) is 79.4 cm³/mol. The maximum atomic E-state index is 5.62. The van der Waals surface area contributed by atoms with E-state index in [1.165, 1.54) is 0 Å². The van der Waals surface area contributed by atoms with Crippen molar-refractivity contribution in [1.29, 1.82) is 0 Å². The second kappa shape index (κ2) is 6.75. The van der Waals surface area contributed by atoms with Gasteiger partial charge in [0.15, 0.2) is 11.5 Å². The normalized spacial score (nSPS) is 10.2. The Balaban J connectivity index is 2.38. The van der Waals surface area contributed by atoms with Gasteiger partial charge in [-0.25, -0.2) is 9.97 Å². The second-order valence-electron chi connectivity index (χ2n) is 4.04. The lowest BCUT2D eigenvalue weighted by Gasteiger charge is -2.12. The largest absolute Gasteiger partial charge is 0.490 e. The molecule has 0 saturated carbocycles. The van der Waals surface area contributed by atoms with E-state index in [9.17, 15) is 0 Å². The van der Waals surface area contributed by atoms with Crippen molar-refractivity contribution in [3.63, 3.8) is 0 Å². The summed E-state index contributed by atoms with van der Waals surface area (Å²) in [6, 6.07) is 7.68. The zero-order valence-electron chi connectivity index (χ0n) is 12.0. The van der Waals surface area contributed by atoms with Gasteiger partial charge in [-0.1, -0.05) is 0 Å². The summed E-state index contributed by atoms with van der Waals surface area (Å²) in [5.74, 6) is 2.08. The van der Waals surface area contributed by atoms with Crippen LogP contribution in [0, 0.1) is 0 Å². The van der Waals surface area contributed by atoms with Crippen LogP contribution in [0.25, 0.3) is 11.3 Å². The SMILES string of the molecule is CCOc1ccc(-c2ccnc(NC)n2)cc1OCC. The van der Waals surface area contributed by atoms with E-state index in [1.54, 1.807) is 13.2 Å². The van der Waals surface area contributed by atoms with Crippen LogP contribution < -0.4 is 14.8 Å². The van der Waals surface area contributed by atoms with Gasteiger partial charge in [-0.2, -0.15) is 0 Å². The molecular weight excluding hydrogens is 254 g/mol. The van der Waals surface area contributed by atoms with Crippen molar-refractivity contribution < 1.29 is 9.47 Å². The van der Waals surface area contributed by atoms with Gasteiger partial charge in [0.1, 0.15) is 0 Å². The van der Waals surface area contributed by atoms with Crippen molar-refractivity contribution in [2.45, 2.75) is 13.8 Å². The van der Waals surface area contributed by atoms with Crippen LogP contribution in [0.1, 0.15) is 13.8 Å². The molecule has 0 amide bonds. The molecule has 0 fully saturated rings. The number of rotatable bonds is 6. The first kappa shape index (κ1) is 14.1. The standard InChI is InChI=1S/C15H19N3O2/c1-4-19-13-7-6-11(10-14(13)20-5-2)12-8-9-17-15(16-3)18-12/h6-10H,4-5H2,1-3H3,(H,16,17,18). The van der Waals surface area contributed by atoms with E-state index in [-0.39, 0.29) is 0 Å². The fourth-order valence-electron chi connectivity index (χ4n) is 1.85. The molecule has 0 aliphatic rings. The maximum absolute atomic E-state index is 5.62. The van der Waals surface area contributed by atoms with Gasteiger partial charge in [0.2, 0.25) is 5.95 Å². The summed E-state index contributed by atoms with van der Waals surface area (Å²) < 4.78 is 11.2. The molecule has 0 atom stereocenters. The van der Waals surface area contributed by atoms with Crippen LogP contribution in [-0.4, -0.2) is 30.2 Å². The molecule has 0 bridgehead atoms. The molecule has 106 valence electrons. The molecule has 1 aromatic heterocycles. The van der Waals surface area contributed by atoms with Crippen LogP contribution >= 0.6 is 0 Å². The van der Waals surface area contributed by atoms with E-state index >= 15 is 0 Å². The summed E-state index contributed by atoms with van der Waals surface area (Å²) in [6.45, 7) is 5.10. The molecule has 0 spiro atoms. The van der Waals surface area contributed by atoms with Crippen LogP contribution in [0.15, 0.2) is 30.5 Å². The molecule has 2 aromatic rings. The fraction of sp³-hybridized carbons (Fsp3) is 0.333. The molecule has 20 heavy (non-hydrogen) atoms. The minimum Gasteiger partial charge on any atom is -0.490 e. The van der Waals surface area contributed by atoms with Gasteiger partial charge in [-0.3, -0.25) is 0 Å². The van der Waals surface area contributed by atoms with Crippen molar-refractivity contribution in [2.75, 3.05) is 25.6 Å². The van der Waals surface area contributed by atoms with Crippen LogP contribution in [0.4, 0.5) is 5.95 Å². The second-order valence-corrected chi connectivity index (χ2v) is 4.04.